The second kappa shape index (κ2) is 12.7. The molecule has 2 saturated heterocycles. The van der Waals surface area contributed by atoms with Gasteiger partial charge in [0.05, 0.1) is 4.91 Å². The minimum absolute atomic E-state index is 0.0658. The van der Waals surface area contributed by atoms with Crippen LogP contribution in [0.1, 0.15) is 33.3 Å². The third-order valence-electron chi connectivity index (χ3n) is 5.21. The van der Waals surface area contributed by atoms with Crippen LogP contribution in [0.25, 0.3) is 6.08 Å². The Hall–Kier alpha value is -3.00. The fraction of sp³-hybridized carbons (Fsp3) is 0.417. The van der Waals surface area contributed by atoms with Crippen LogP contribution in [0.4, 0.5) is 0 Å². The first kappa shape index (κ1) is 29.6. The number of carbonyl (C=O) groups excluding carboxylic acids is 5. The van der Waals surface area contributed by atoms with Crippen molar-refractivity contribution in [2.24, 2.45) is 0 Å². The minimum atomic E-state index is -1.45. The zero-order chi connectivity index (χ0) is 28.1. The number of esters is 4. The van der Waals surface area contributed by atoms with Gasteiger partial charge < -0.3 is 23.7 Å². The summed E-state index contributed by atoms with van der Waals surface area (Å²) in [5.41, 5.74) is 0.677. The van der Waals surface area contributed by atoms with Gasteiger partial charge in [-0.1, -0.05) is 47.7 Å². The van der Waals surface area contributed by atoms with E-state index >= 15 is 0 Å². The molecule has 0 radical (unpaired) electrons. The third-order valence-corrected chi connectivity index (χ3v) is 6.79. The highest BCUT2D eigenvalue weighted by atomic mass is 35.5. The summed E-state index contributed by atoms with van der Waals surface area (Å²) in [6, 6.07) is 6.74. The number of carbonyl (C=O) groups is 5. The third kappa shape index (κ3) is 7.31. The first-order valence-corrected chi connectivity index (χ1v) is 12.8. The number of thiocarbonyl (C=S) groups is 1. The van der Waals surface area contributed by atoms with Crippen LogP contribution in [0.15, 0.2) is 29.2 Å². The van der Waals surface area contributed by atoms with E-state index in [1.54, 1.807) is 30.3 Å². The molecule has 1 amide bonds. The summed E-state index contributed by atoms with van der Waals surface area (Å²) in [6.07, 6.45) is -5.26. The number of benzene rings is 1. The van der Waals surface area contributed by atoms with Crippen molar-refractivity contribution in [3.63, 3.8) is 0 Å². The van der Waals surface area contributed by atoms with E-state index in [9.17, 15) is 24.0 Å². The van der Waals surface area contributed by atoms with Gasteiger partial charge in [-0.25, -0.2) is 0 Å². The topological polar surface area (TPSA) is 135 Å². The Morgan fingerprint density at radius 3 is 2.05 bits per heavy atom. The van der Waals surface area contributed by atoms with Crippen molar-refractivity contribution in [1.82, 2.24) is 4.90 Å². The summed E-state index contributed by atoms with van der Waals surface area (Å²) < 4.78 is 27.4. The number of thioether (sulfide) groups is 1. The van der Waals surface area contributed by atoms with Crippen LogP contribution in [0.3, 0.4) is 0 Å². The second-order valence-electron chi connectivity index (χ2n) is 8.19. The maximum absolute atomic E-state index is 13.5. The second-order valence-corrected chi connectivity index (χ2v) is 10.3. The van der Waals surface area contributed by atoms with Crippen LogP contribution in [0, 0.1) is 0 Å². The molecule has 0 saturated carbocycles. The molecule has 0 unspecified atom stereocenters. The van der Waals surface area contributed by atoms with Gasteiger partial charge in [-0.3, -0.25) is 28.9 Å². The lowest BCUT2D eigenvalue weighted by Crippen LogP contribution is -2.66. The molecule has 2 heterocycles. The van der Waals surface area contributed by atoms with Gasteiger partial charge in [0.15, 0.2) is 28.9 Å². The summed E-state index contributed by atoms with van der Waals surface area (Å²) >= 11 is 12.4. The average molecular weight is 586 g/mol. The molecule has 1 aromatic carbocycles. The fourth-order valence-corrected chi connectivity index (χ4v) is 5.26. The smallest absolute Gasteiger partial charge is 0.303 e. The highest BCUT2D eigenvalue weighted by molar-refractivity contribution is 8.26. The van der Waals surface area contributed by atoms with E-state index in [4.69, 9.17) is 47.5 Å². The van der Waals surface area contributed by atoms with Gasteiger partial charge in [0.25, 0.3) is 5.91 Å². The van der Waals surface area contributed by atoms with Gasteiger partial charge >= 0.3 is 23.9 Å². The average Bonchev–Trinajstić information content (AvgIpc) is 3.08. The number of hydrogen-bond donors (Lipinski definition) is 0. The lowest BCUT2D eigenvalue weighted by atomic mass is 9.96. The van der Waals surface area contributed by atoms with E-state index < -0.39 is 67.0 Å². The molecule has 0 spiro atoms. The molecule has 11 nitrogen and oxygen atoms in total. The number of amides is 1. The van der Waals surface area contributed by atoms with E-state index in [1.165, 1.54) is 0 Å². The van der Waals surface area contributed by atoms with Crippen LogP contribution in [0.5, 0.6) is 0 Å². The van der Waals surface area contributed by atoms with E-state index in [-0.39, 0.29) is 9.23 Å². The fourth-order valence-electron chi connectivity index (χ4n) is 3.82. The molecule has 0 aliphatic carbocycles. The molecular weight excluding hydrogens is 562 g/mol. The van der Waals surface area contributed by atoms with Crippen LogP contribution in [-0.2, 0) is 47.7 Å². The predicted octanol–water partition coefficient (Wildman–Crippen LogP) is 2.62. The van der Waals surface area contributed by atoms with Crippen LogP contribution < -0.4 is 0 Å². The summed E-state index contributed by atoms with van der Waals surface area (Å²) in [5, 5.41) is 0.521. The van der Waals surface area contributed by atoms with Crippen molar-refractivity contribution >= 4 is 75.8 Å². The molecule has 2 fully saturated rings. The SMILES string of the molecule is CC(=O)OC[C@@H]1O[C@H](N2C(=O)/C(=C\c3ccc(Cl)cc3)SC2=S)[C@H](OC(C)=O)[C@H](OC(C)=O)[C@H]1OC(C)=O. The molecule has 0 aromatic heterocycles. The summed E-state index contributed by atoms with van der Waals surface area (Å²) in [6.45, 7) is 4.07. The quantitative estimate of drug-likeness (QED) is 0.201. The zero-order valence-corrected chi connectivity index (χ0v) is 23.1. The van der Waals surface area contributed by atoms with Crippen molar-refractivity contribution in [2.75, 3.05) is 6.61 Å². The molecule has 14 heteroatoms. The number of halogens is 1. The lowest BCUT2D eigenvalue weighted by molar-refractivity contribution is -0.268. The number of hydrogen-bond acceptors (Lipinski definition) is 12. The Morgan fingerprint density at radius 2 is 1.50 bits per heavy atom. The van der Waals surface area contributed by atoms with E-state index in [1.807, 2.05) is 0 Å². The normalized spacial score (nSPS) is 26.2. The molecule has 0 N–H and O–H groups in total. The van der Waals surface area contributed by atoms with Gasteiger partial charge in [0.1, 0.15) is 12.7 Å². The lowest BCUT2D eigenvalue weighted by Gasteiger charge is -2.46. The summed E-state index contributed by atoms with van der Waals surface area (Å²) in [5.74, 6) is -3.57. The Morgan fingerprint density at radius 1 is 0.947 bits per heavy atom. The number of rotatable bonds is 7. The van der Waals surface area contributed by atoms with Gasteiger partial charge in [-0.05, 0) is 23.8 Å². The standard InChI is InChI=1S/C24H24ClNO10S2/c1-11(27)32-10-17-19(33-12(2)28)20(34-13(3)29)21(35-14(4)30)23(36-17)26-22(31)18(38-24(26)37)9-15-5-7-16(25)8-6-15/h5-9,17,19-21,23H,10H2,1-4H3/b18-9+/t17-,19-,20+,21+,23-/m0/s1. The predicted molar refractivity (Wildman–Crippen MR) is 138 cm³/mol. The molecule has 2 aliphatic rings. The van der Waals surface area contributed by atoms with Crippen molar-refractivity contribution in [3.05, 3.63) is 39.8 Å². The monoisotopic (exact) mass is 585 g/mol. The first-order chi connectivity index (χ1) is 17.9. The highest BCUT2D eigenvalue weighted by Crippen LogP contribution is 2.39. The van der Waals surface area contributed by atoms with E-state index in [2.05, 4.69) is 0 Å². The van der Waals surface area contributed by atoms with E-state index in [0.717, 1.165) is 44.4 Å². The Balaban J connectivity index is 2.04. The molecule has 3 rings (SSSR count). The Bertz CT molecular complexity index is 1170. The molecule has 0 bridgehead atoms. The van der Waals surface area contributed by atoms with Crippen LogP contribution in [0.2, 0.25) is 5.02 Å². The maximum atomic E-state index is 13.5. The summed E-state index contributed by atoms with van der Waals surface area (Å²) in [7, 11) is 0. The van der Waals surface area contributed by atoms with E-state index in [0.29, 0.717) is 10.6 Å². The molecule has 38 heavy (non-hydrogen) atoms. The Kier molecular flexibility index (Phi) is 9.88. The molecule has 204 valence electrons. The summed E-state index contributed by atoms with van der Waals surface area (Å²) in [4.78, 5) is 62.3. The van der Waals surface area contributed by atoms with Crippen LogP contribution >= 0.6 is 35.6 Å². The molecular formula is C24H24ClNO10S2. The number of ether oxygens (including phenoxy) is 5. The van der Waals surface area contributed by atoms with Crippen molar-refractivity contribution in [1.29, 1.82) is 0 Å². The van der Waals surface area contributed by atoms with Crippen LogP contribution in [-0.4, -0.2) is 76.3 Å². The van der Waals surface area contributed by atoms with Crippen molar-refractivity contribution in [2.45, 2.75) is 58.3 Å². The minimum Gasteiger partial charge on any atom is -0.463 e. The van der Waals surface area contributed by atoms with Gasteiger partial charge in [-0.15, -0.1) is 0 Å². The van der Waals surface area contributed by atoms with Crippen molar-refractivity contribution < 1.29 is 47.7 Å². The molecule has 5 atom stereocenters. The number of nitrogens with zero attached hydrogens (tertiary/aromatic N) is 1. The van der Waals surface area contributed by atoms with Gasteiger partial charge in [0, 0.05) is 32.7 Å². The maximum Gasteiger partial charge on any atom is 0.303 e. The zero-order valence-electron chi connectivity index (χ0n) is 20.7. The van der Waals surface area contributed by atoms with Gasteiger partial charge in [0.2, 0.25) is 0 Å². The largest absolute Gasteiger partial charge is 0.463 e. The van der Waals surface area contributed by atoms with Gasteiger partial charge in [-0.2, -0.15) is 0 Å². The first-order valence-electron chi connectivity index (χ1n) is 11.2. The molecule has 2 aliphatic heterocycles. The Labute approximate surface area is 232 Å². The van der Waals surface area contributed by atoms with Crippen molar-refractivity contribution in [3.8, 4) is 0 Å². The molecule has 1 aromatic rings. The highest BCUT2D eigenvalue weighted by Gasteiger charge is 2.56.